The lowest BCUT2D eigenvalue weighted by Gasteiger charge is -2.04. The molecule has 0 aromatic rings. The summed E-state index contributed by atoms with van der Waals surface area (Å²) in [7, 11) is 0. The summed E-state index contributed by atoms with van der Waals surface area (Å²) in [6.45, 7) is 8.07. The van der Waals surface area contributed by atoms with Crippen molar-refractivity contribution in [3.8, 4) is 0 Å². The standard InChI is InChI=1S/C12H20S/c1-5-11(6-2)9-8-10-12(7-3)13-4/h5,7-9,12H,3,6,10H2,1-2,4H3/b9-8-,11-5-. The maximum absolute atomic E-state index is 3.80. The lowest BCUT2D eigenvalue weighted by atomic mass is 10.1. The summed E-state index contributed by atoms with van der Waals surface area (Å²) in [5.74, 6) is 0. The Labute approximate surface area is 86.8 Å². The molecule has 0 spiro atoms. The molecule has 0 N–H and O–H groups in total. The minimum atomic E-state index is 0.561. The lowest BCUT2D eigenvalue weighted by Crippen LogP contribution is -1.93. The van der Waals surface area contributed by atoms with Crippen molar-refractivity contribution in [1.82, 2.24) is 0 Å². The van der Waals surface area contributed by atoms with Gasteiger partial charge in [-0.3, -0.25) is 0 Å². The summed E-state index contributed by atoms with van der Waals surface area (Å²) in [6.07, 6.45) is 13.0. The minimum absolute atomic E-state index is 0.561. The second kappa shape index (κ2) is 8.18. The number of rotatable bonds is 6. The van der Waals surface area contributed by atoms with Gasteiger partial charge in [0.1, 0.15) is 0 Å². The van der Waals surface area contributed by atoms with E-state index in [0.717, 1.165) is 12.8 Å². The van der Waals surface area contributed by atoms with Crippen LogP contribution in [-0.4, -0.2) is 11.5 Å². The Kier molecular flexibility index (Phi) is 7.91. The molecule has 1 unspecified atom stereocenters. The van der Waals surface area contributed by atoms with Crippen LogP contribution < -0.4 is 0 Å². The Hall–Kier alpha value is -0.430. The zero-order valence-electron chi connectivity index (χ0n) is 8.92. The molecule has 0 amide bonds. The van der Waals surface area contributed by atoms with E-state index in [-0.39, 0.29) is 0 Å². The monoisotopic (exact) mass is 196 g/mol. The first kappa shape index (κ1) is 12.6. The number of hydrogen-bond acceptors (Lipinski definition) is 1. The average Bonchev–Trinajstić information content (AvgIpc) is 2.19. The van der Waals surface area contributed by atoms with Gasteiger partial charge in [0, 0.05) is 5.25 Å². The largest absolute Gasteiger partial charge is 0.158 e. The van der Waals surface area contributed by atoms with E-state index in [0.29, 0.717) is 5.25 Å². The van der Waals surface area contributed by atoms with E-state index >= 15 is 0 Å². The van der Waals surface area contributed by atoms with Crippen LogP contribution >= 0.6 is 11.8 Å². The maximum Gasteiger partial charge on any atom is 0.0256 e. The highest BCUT2D eigenvalue weighted by Crippen LogP contribution is 2.13. The van der Waals surface area contributed by atoms with Crippen molar-refractivity contribution in [3.05, 3.63) is 36.5 Å². The Bertz CT molecular complexity index is 189. The van der Waals surface area contributed by atoms with Gasteiger partial charge in [0.2, 0.25) is 0 Å². The Morgan fingerprint density at radius 3 is 2.62 bits per heavy atom. The third kappa shape index (κ3) is 5.75. The summed E-state index contributed by atoms with van der Waals surface area (Å²) >= 11 is 1.85. The molecule has 13 heavy (non-hydrogen) atoms. The molecule has 0 aliphatic rings. The second-order valence-corrected chi connectivity index (χ2v) is 3.94. The number of thioether (sulfide) groups is 1. The molecule has 1 atom stereocenters. The fourth-order valence-electron chi connectivity index (χ4n) is 1.06. The molecule has 0 aromatic heterocycles. The van der Waals surface area contributed by atoms with Crippen molar-refractivity contribution in [1.29, 1.82) is 0 Å². The molecule has 0 rings (SSSR count). The van der Waals surface area contributed by atoms with Gasteiger partial charge in [0.25, 0.3) is 0 Å². The Balaban J connectivity index is 3.91. The van der Waals surface area contributed by atoms with Crippen LogP contribution in [0.5, 0.6) is 0 Å². The average molecular weight is 196 g/mol. The SMILES string of the molecule is C=CC(C/C=C\C(=C/C)CC)SC. The van der Waals surface area contributed by atoms with Crippen LogP contribution in [0.25, 0.3) is 0 Å². The van der Waals surface area contributed by atoms with Crippen LogP contribution in [0, 0.1) is 0 Å². The first-order valence-corrected chi connectivity index (χ1v) is 6.04. The van der Waals surface area contributed by atoms with Crippen molar-refractivity contribution in [2.45, 2.75) is 31.9 Å². The van der Waals surface area contributed by atoms with Gasteiger partial charge in [0.15, 0.2) is 0 Å². The van der Waals surface area contributed by atoms with Crippen LogP contribution in [0.3, 0.4) is 0 Å². The van der Waals surface area contributed by atoms with Gasteiger partial charge >= 0.3 is 0 Å². The summed E-state index contributed by atoms with van der Waals surface area (Å²) < 4.78 is 0. The van der Waals surface area contributed by atoms with Crippen molar-refractivity contribution in [3.63, 3.8) is 0 Å². The van der Waals surface area contributed by atoms with Crippen molar-refractivity contribution in [2.75, 3.05) is 6.26 Å². The van der Waals surface area contributed by atoms with Crippen LogP contribution in [-0.2, 0) is 0 Å². The second-order valence-electron chi connectivity index (χ2n) is 2.87. The fraction of sp³-hybridized carbons (Fsp3) is 0.500. The predicted molar refractivity (Wildman–Crippen MR) is 65.3 cm³/mol. The molecule has 0 radical (unpaired) electrons. The minimum Gasteiger partial charge on any atom is -0.158 e. The Morgan fingerprint density at radius 1 is 1.54 bits per heavy atom. The summed E-state index contributed by atoms with van der Waals surface area (Å²) in [4.78, 5) is 0. The molecule has 0 heterocycles. The van der Waals surface area contributed by atoms with Crippen molar-refractivity contribution < 1.29 is 0 Å². The van der Waals surface area contributed by atoms with Crippen LogP contribution in [0.15, 0.2) is 36.5 Å². The lowest BCUT2D eigenvalue weighted by molar-refractivity contribution is 1.06. The highest BCUT2D eigenvalue weighted by atomic mass is 32.2. The summed E-state index contributed by atoms with van der Waals surface area (Å²) in [5.41, 5.74) is 1.41. The normalized spacial score (nSPS) is 14.8. The highest BCUT2D eigenvalue weighted by molar-refractivity contribution is 7.99. The van der Waals surface area contributed by atoms with Gasteiger partial charge in [-0.2, -0.15) is 11.8 Å². The van der Waals surface area contributed by atoms with Gasteiger partial charge in [-0.05, 0) is 26.0 Å². The van der Waals surface area contributed by atoms with Crippen LogP contribution in [0.1, 0.15) is 26.7 Å². The third-order valence-electron chi connectivity index (χ3n) is 2.04. The maximum atomic E-state index is 3.80. The molecular weight excluding hydrogens is 176 g/mol. The van der Waals surface area contributed by atoms with Crippen molar-refractivity contribution in [2.24, 2.45) is 0 Å². The molecule has 0 saturated heterocycles. The molecule has 0 aliphatic heterocycles. The van der Waals surface area contributed by atoms with Gasteiger partial charge in [0.05, 0.1) is 0 Å². The summed E-state index contributed by atoms with van der Waals surface area (Å²) in [5, 5.41) is 0.561. The smallest absolute Gasteiger partial charge is 0.0256 e. The van der Waals surface area contributed by atoms with E-state index in [9.17, 15) is 0 Å². The van der Waals surface area contributed by atoms with E-state index < -0.39 is 0 Å². The van der Waals surface area contributed by atoms with Crippen molar-refractivity contribution >= 4 is 11.8 Å². The molecule has 0 bridgehead atoms. The molecule has 0 fully saturated rings. The zero-order valence-corrected chi connectivity index (χ0v) is 9.73. The molecule has 74 valence electrons. The van der Waals surface area contributed by atoms with E-state index in [1.807, 2.05) is 17.8 Å². The predicted octanol–water partition coefficient (Wildman–Crippen LogP) is 4.21. The van der Waals surface area contributed by atoms with E-state index in [4.69, 9.17) is 0 Å². The van der Waals surface area contributed by atoms with Gasteiger partial charge in [-0.25, -0.2) is 0 Å². The topological polar surface area (TPSA) is 0 Å². The highest BCUT2D eigenvalue weighted by Gasteiger charge is 1.96. The first-order chi connectivity index (χ1) is 6.28. The molecule has 0 nitrogen and oxygen atoms in total. The number of allylic oxidation sites excluding steroid dienone is 4. The fourth-order valence-corrected chi connectivity index (χ4v) is 1.56. The molecule has 0 saturated carbocycles. The zero-order chi connectivity index (χ0) is 10.1. The van der Waals surface area contributed by atoms with Crippen LogP contribution in [0.2, 0.25) is 0 Å². The van der Waals surface area contributed by atoms with Gasteiger partial charge in [-0.1, -0.05) is 36.8 Å². The molecule has 0 aromatic carbocycles. The number of hydrogen-bond donors (Lipinski definition) is 0. The quantitative estimate of drug-likeness (QED) is 0.453. The molecule has 0 aliphatic carbocycles. The molecule has 1 heteroatoms. The van der Waals surface area contributed by atoms with Gasteiger partial charge in [-0.15, -0.1) is 6.58 Å². The van der Waals surface area contributed by atoms with Crippen LogP contribution in [0.4, 0.5) is 0 Å². The first-order valence-electron chi connectivity index (χ1n) is 4.75. The van der Waals surface area contributed by atoms with E-state index in [2.05, 4.69) is 44.9 Å². The van der Waals surface area contributed by atoms with Gasteiger partial charge < -0.3 is 0 Å². The summed E-state index contributed by atoms with van der Waals surface area (Å²) in [6, 6.07) is 0. The molecular formula is C12H20S. The van der Waals surface area contributed by atoms with E-state index in [1.54, 1.807) is 0 Å². The Morgan fingerprint density at radius 2 is 2.23 bits per heavy atom. The van der Waals surface area contributed by atoms with E-state index in [1.165, 1.54) is 5.57 Å². The third-order valence-corrected chi connectivity index (χ3v) is 3.04.